The highest BCUT2D eigenvalue weighted by Crippen LogP contribution is 2.34. The first kappa shape index (κ1) is 13.2. The van der Waals surface area contributed by atoms with Crippen molar-refractivity contribution in [2.24, 2.45) is 0 Å². The van der Waals surface area contributed by atoms with Crippen LogP contribution in [-0.2, 0) is 11.3 Å². The van der Waals surface area contributed by atoms with Gasteiger partial charge < -0.3 is 19.3 Å². The lowest BCUT2D eigenvalue weighted by molar-refractivity contribution is -0.116. The van der Waals surface area contributed by atoms with Gasteiger partial charge in [0.2, 0.25) is 5.91 Å². The van der Waals surface area contributed by atoms with E-state index in [1.165, 1.54) is 6.08 Å². The first-order valence-corrected chi connectivity index (χ1v) is 6.52. The van der Waals surface area contributed by atoms with E-state index in [-0.39, 0.29) is 5.91 Å². The quantitative estimate of drug-likeness (QED) is 0.869. The van der Waals surface area contributed by atoms with E-state index in [0.717, 1.165) is 11.3 Å². The minimum atomic E-state index is -0.251. The number of hydrogen-bond acceptors (Lipinski definition) is 5. The fourth-order valence-electron chi connectivity index (χ4n) is 1.98. The highest BCUT2D eigenvalue weighted by atomic mass is 16.6. The first-order valence-electron chi connectivity index (χ1n) is 6.52. The van der Waals surface area contributed by atoms with Crippen molar-refractivity contribution in [3.05, 3.63) is 42.6 Å². The van der Waals surface area contributed by atoms with Crippen molar-refractivity contribution in [3.8, 4) is 22.8 Å². The number of carbonyl (C=O) groups excluding carboxylic acids is 1. The number of carbonyl (C=O) groups is 1. The van der Waals surface area contributed by atoms with E-state index < -0.39 is 0 Å². The van der Waals surface area contributed by atoms with Gasteiger partial charge in [0.05, 0.1) is 6.54 Å². The van der Waals surface area contributed by atoms with Crippen LogP contribution in [-0.4, -0.2) is 24.3 Å². The molecule has 1 aliphatic heterocycles. The molecule has 6 nitrogen and oxygen atoms in total. The van der Waals surface area contributed by atoms with Crippen LogP contribution in [0.1, 0.15) is 5.69 Å². The number of benzene rings is 1. The van der Waals surface area contributed by atoms with E-state index in [1.807, 2.05) is 18.2 Å². The van der Waals surface area contributed by atoms with E-state index in [0.29, 0.717) is 37.0 Å². The van der Waals surface area contributed by atoms with Gasteiger partial charge in [0, 0.05) is 11.6 Å². The monoisotopic (exact) mass is 286 g/mol. The molecule has 1 N–H and O–H groups in total. The van der Waals surface area contributed by atoms with Crippen LogP contribution in [0.3, 0.4) is 0 Å². The van der Waals surface area contributed by atoms with Crippen LogP contribution in [0.25, 0.3) is 11.3 Å². The van der Waals surface area contributed by atoms with E-state index in [1.54, 1.807) is 6.07 Å². The Morgan fingerprint density at radius 2 is 2.10 bits per heavy atom. The summed E-state index contributed by atoms with van der Waals surface area (Å²) in [5.41, 5.74) is 1.48. The molecule has 0 atom stereocenters. The summed E-state index contributed by atoms with van der Waals surface area (Å²) >= 11 is 0. The molecule has 3 rings (SSSR count). The van der Waals surface area contributed by atoms with Gasteiger partial charge in [-0.1, -0.05) is 11.7 Å². The second kappa shape index (κ2) is 5.70. The van der Waals surface area contributed by atoms with Gasteiger partial charge in [-0.05, 0) is 24.3 Å². The number of ether oxygens (including phenoxy) is 2. The maximum absolute atomic E-state index is 11.1. The number of aromatic nitrogens is 1. The lowest BCUT2D eigenvalue weighted by atomic mass is 10.1. The Morgan fingerprint density at radius 1 is 1.29 bits per heavy atom. The van der Waals surface area contributed by atoms with Crippen LogP contribution in [0.15, 0.2) is 41.4 Å². The molecule has 1 aliphatic rings. The summed E-state index contributed by atoms with van der Waals surface area (Å²) in [5.74, 6) is 1.77. The second-order valence-corrected chi connectivity index (χ2v) is 4.46. The molecule has 0 spiro atoms. The first-order chi connectivity index (χ1) is 10.3. The van der Waals surface area contributed by atoms with Crippen LogP contribution in [0, 0.1) is 0 Å². The molecule has 6 heteroatoms. The van der Waals surface area contributed by atoms with Crippen molar-refractivity contribution >= 4 is 5.91 Å². The topological polar surface area (TPSA) is 73.6 Å². The predicted octanol–water partition coefficient (Wildman–Crippen LogP) is 1.91. The van der Waals surface area contributed by atoms with Crippen LogP contribution >= 0.6 is 0 Å². The molecule has 0 radical (unpaired) electrons. The molecule has 0 saturated carbocycles. The molecular formula is C15H14N2O4. The van der Waals surface area contributed by atoms with E-state index in [4.69, 9.17) is 14.0 Å². The fourth-order valence-corrected chi connectivity index (χ4v) is 1.98. The zero-order valence-corrected chi connectivity index (χ0v) is 11.3. The molecule has 0 bridgehead atoms. The van der Waals surface area contributed by atoms with E-state index >= 15 is 0 Å². The molecule has 0 fully saturated rings. The average Bonchev–Trinajstić information content (AvgIpc) is 3.01. The molecule has 0 unspecified atom stereocenters. The Morgan fingerprint density at radius 3 is 2.90 bits per heavy atom. The summed E-state index contributed by atoms with van der Waals surface area (Å²) in [7, 11) is 0. The van der Waals surface area contributed by atoms with Crippen molar-refractivity contribution in [3.63, 3.8) is 0 Å². The van der Waals surface area contributed by atoms with Crippen molar-refractivity contribution in [1.82, 2.24) is 10.5 Å². The Kier molecular flexibility index (Phi) is 3.59. The van der Waals surface area contributed by atoms with Gasteiger partial charge in [0.15, 0.2) is 17.3 Å². The van der Waals surface area contributed by atoms with Gasteiger partial charge in [-0.15, -0.1) is 0 Å². The zero-order chi connectivity index (χ0) is 14.7. The summed E-state index contributed by atoms with van der Waals surface area (Å²) in [4.78, 5) is 11.1. The zero-order valence-electron chi connectivity index (χ0n) is 11.3. The molecule has 2 heterocycles. The predicted molar refractivity (Wildman–Crippen MR) is 75.0 cm³/mol. The summed E-state index contributed by atoms with van der Waals surface area (Å²) < 4.78 is 16.3. The normalized spacial score (nSPS) is 12.8. The molecule has 0 saturated heterocycles. The summed E-state index contributed by atoms with van der Waals surface area (Å²) in [6.45, 7) is 4.77. The highest BCUT2D eigenvalue weighted by molar-refractivity contribution is 5.86. The Labute approximate surface area is 121 Å². The standard InChI is InChI=1S/C15H14N2O4/c1-2-15(18)16-9-11-8-13(21-17-11)10-3-4-12-14(7-10)20-6-5-19-12/h2-4,7-8H,1,5-6,9H2,(H,16,18). The highest BCUT2D eigenvalue weighted by Gasteiger charge is 2.14. The van der Waals surface area contributed by atoms with Crippen molar-refractivity contribution in [2.45, 2.75) is 6.54 Å². The number of nitrogens with one attached hydrogen (secondary N) is 1. The maximum Gasteiger partial charge on any atom is 0.243 e. The van der Waals surface area contributed by atoms with Crippen molar-refractivity contribution in [2.75, 3.05) is 13.2 Å². The summed E-state index contributed by atoms with van der Waals surface area (Å²) in [6.07, 6.45) is 1.21. The minimum absolute atomic E-state index is 0.251. The molecular weight excluding hydrogens is 272 g/mol. The van der Waals surface area contributed by atoms with Gasteiger partial charge in [-0.3, -0.25) is 4.79 Å². The Balaban J connectivity index is 1.76. The Bertz CT molecular complexity index is 678. The number of amides is 1. The van der Waals surface area contributed by atoms with Gasteiger partial charge in [0.1, 0.15) is 18.9 Å². The minimum Gasteiger partial charge on any atom is -0.486 e. The fraction of sp³-hybridized carbons (Fsp3) is 0.200. The lowest BCUT2D eigenvalue weighted by Gasteiger charge is -2.18. The van der Waals surface area contributed by atoms with Crippen molar-refractivity contribution in [1.29, 1.82) is 0 Å². The number of rotatable bonds is 4. The Hall–Kier alpha value is -2.76. The van der Waals surface area contributed by atoms with E-state index in [9.17, 15) is 4.79 Å². The van der Waals surface area contributed by atoms with Crippen LogP contribution in [0.2, 0.25) is 0 Å². The number of fused-ring (bicyclic) bond motifs is 1. The summed E-state index contributed by atoms with van der Waals surface area (Å²) in [6, 6.07) is 7.33. The third kappa shape index (κ3) is 2.89. The lowest BCUT2D eigenvalue weighted by Crippen LogP contribution is -2.19. The molecule has 108 valence electrons. The van der Waals surface area contributed by atoms with Gasteiger partial charge in [-0.25, -0.2) is 0 Å². The number of nitrogens with zero attached hydrogens (tertiary/aromatic N) is 1. The summed E-state index contributed by atoms with van der Waals surface area (Å²) in [5, 5.41) is 6.55. The van der Waals surface area contributed by atoms with Crippen LogP contribution in [0.4, 0.5) is 0 Å². The maximum atomic E-state index is 11.1. The number of hydrogen-bond donors (Lipinski definition) is 1. The third-order valence-corrected chi connectivity index (χ3v) is 3.01. The molecule has 1 aromatic heterocycles. The van der Waals surface area contributed by atoms with Gasteiger partial charge in [0.25, 0.3) is 0 Å². The molecule has 2 aromatic rings. The molecule has 1 amide bonds. The third-order valence-electron chi connectivity index (χ3n) is 3.01. The second-order valence-electron chi connectivity index (χ2n) is 4.46. The average molecular weight is 286 g/mol. The SMILES string of the molecule is C=CC(=O)NCc1cc(-c2ccc3c(c2)OCCO3)on1. The molecule has 1 aromatic carbocycles. The van der Waals surface area contributed by atoms with Gasteiger partial charge in [-0.2, -0.15) is 0 Å². The van der Waals surface area contributed by atoms with Crippen LogP contribution < -0.4 is 14.8 Å². The molecule has 21 heavy (non-hydrogen) atoms. The van der Waals surface area contributed by atoms with E-state index in [2.05, 4.69) is 17.1 Å². The van der Waals surface area contributed by atoms with Gasteiger partial charge >= 0.3 is 0 Å². The van der Waals surface area contributed by atoms with Crippen molar-refractivity contribution < 1.29 is 18.8 Å². The largest absolute Gasteiger partial charge is 0.486 e. The molecule has 0 aliphatic carbocycles. The smallest absolute Gasteiger partial charge is 0.243 e. The van der Waals surface area contributed by atoms with Crippen LogP contribution in [0.5, 0.6) is 11.5 Å².